The van der Waals surface area contributed by atoms with Crippen LogP contribution in [0.2, 0.25) is 5.02 Å². The first-order valence-electron chi connectivity index (χ1n) is 6.35. The SMILES string of the molecule is O=C1CCC2NCCc3c2n1c1cccc(Cl)c31. The van der Waals surface area contributed by atoms with Gasteiger partial charge in [0.2, 0.25) is 5.91 Å². The van der Waals surface area contributed by atoms with Crippen LogP contribution in [0.3, 0.4) is 0 Å². The average Bonchev–Trinajstić information content (AvgIpc) is 2.72. The lowest BCUT2D eigenvalue weighted by Crippen LogP contribution is -2.36. The molecule has 3 heterocycles. The summed E-state index contributed by atoms with van der Waals surface area (Å²) in [6, 6.07) is 6.15. The van der Waals surface area contributed by atoms with Crippen molar-refractivity contribution in [3.8, 4) is 0 Å². The van der Waals surface area contributed by atoms with E-state index in [1.807, 2.05) is 22.8 Å². The van der Waals surface area contributed by atoms with E-state index in [9.17, 15) is 4.79 Å². The number of nitrogens with zero attached hydrogens (tertiary/aromatic N) is 1. The molecule has 0 aliphatic carbocycles. The van der Waals surface area contributed by atoms with Crippen LogP contribution >= 0.6 is 11.6 Å². The molecule has 2 aliphatic rings. The van der Waals surface area contributed by atoms with Gasteiger partial charge in [0.05, 0.1) is 10.5 Å². The molecular weight excluding hydrogens is 248 g/mol. The molecule has 0 spiro atoms. The summed E-state index contributed by atoms with van der Waals surface area (Å²) in [4.78, 5) is 12.2. The van der Waals surface area contributed by atoms with Crippen molar-refractivity contribution in [2.45, 2.75) is 25.3 Å². The Kier molecular flexibility index (Phi) is 2.11. The predicted molar refractivity (Wildman–Crippen MR) is 71.3 cm³/mol. The van der Waals surface area contributed by atoms with E-state index in [0.717, 1.165) is 41.0 Å². The molecule has 0 bridgehead atoms. The lowest BCUT2D eigenvalue weighted by molar-refractivity contribution is 0.0874. The first kappa shape index (κ1) is 10.6. The predicted octanol–water partition coefficient (Wildman–Crippen LogP) is 2.92. The summed E-state index contributed by atoms with van der Waals surface area (Å²) >= 11 is 6.34. The second kappa shape index (κ2) is 3.59. The van der Waals surface area contributed by atoms with Crippen molar-refractivity contribution in [1.82, 2.24) is 9.88 Å². The molecule has 2 aromatic rings. The number of carbonyl (C=O) groups excluding carboxylic acids is 1. The molecule has 1 N–H and O–H groups in total. The summed E-state index contributed by atoms with van der Waals surface area (Å²) in [5.41, 5.74) is 3.40. The maximum Gasteiger partial charge on any atom is 0.231 e. The first-order chi connectivity index (χ1) is 8.77. The van der Waals surface area contributed by atoms with Gasteiger partial charge in [-0.2, -0.15) is 0 Å². The Bertz CT molecular complexity index is 674. The molecule has 3 nitrogen and oxygen atoms in total. The summed E-state index contributed by atoms with van der Waals surface area (Å²) < 4.78 is 1.89. The second-order valence-electron chi connectivity index (χ2n) is 5.02. The third-order valence-corrected chi connectivity index (χ3v) is 4.39. The largest absolute Gasteiger partial charge is 0.308 e. The fourth-order valence-electron chi connectivity index (χ4n) is 3.37. The highest BCUT2D eigenvalue weighted by Gasteiger charge is 2.33. The molecular formula is C14H13ClN2O. The molecule has 0 saturated heterocycles. The second-order valence-corrected chi connectivity index (χ2v) is 5.43. The van der Waals surface area contributed by atoms with E-state index >= 15 is 0 Å². The molecule has 1 aromatic heterocycles. The molecule has 0 radical (unpaired) electrons. The number of hydrogen-bond donors (Lipinski definition) is 1. The van der Waals surface area contributed by atoms with Crippen molar-refractivity contribution >= 4 is 28.4 Å². The van der Waals surface area contributed by atoms with Crippen molar-refractivity contribution in [3.63, 3.8) is 0 Å². The standard InChI is InChI=1S/C14H13ClN2O/c15-9-2-1-3-11-13(9)8-6-7-16-10-4-5-12(18)17(11)14(8)10/h1-3,10,16H,4-7H2. The van der Waals surface area contributed by atoms with Crippen molar-refractivity contribution in [3.05, 3.63) is 34.5 Å². The first-order valence-corrected chi connectivity index (χ1v) is 6.73. The van der Waals surface area contributed by atoms with Crippen LogP contribution in [0.15, 0.2) is 18.2 Å². The average molecular weight is 261 g/mol. The van der Waals surface area contributed by atoms with E-state index in [-0.39, 0.29) is 5.91 Å². The van der Waals surface area contributed by atoms with E-state index in [4.69, 9.17) is 11.6 Å². The molecule has 0 amide bonds. The third-order valence-electron chi connectivity index (χ3n) is 4.08. The van der Waals surface area contributed by atoms with Gasteiger partial charge in [-0.1, -0.05) is 17.7 Å². The van der Waals surface area contributed by atoms with Crippen LogP contribution in [-0.4, -0.2) is 17.0 Å². The topological polar surface area (TPSA) is 34.0 Å². The van der Waals surface area contributed by atoms with Crippen molar-refractivity contribution < 1.29 is 4.79 Å². The van der Waals surface area contributed by atoms with Gasteiger partial charge < -0.3 is 5.32 Å². The number of fused-ring (bicyclic) bond motifs is 3. The van der Waals surface area contributed by atoms with Crippen molar-refractivity contribution in [2.75, 3.05) is 6.54 Å². The Labute approximate surface area is 110 Å². The number of benzene rings is 1. The summed E-state index contributed by atoms with van der Waals surface area (Å²) in [6.45, 7) is 0.968. The normalized spacial score (nSPS) is 22.3. The summed E-state index contributed by atoms with van der Waals surface area (Å²) in [7, 11) is 0. The monoisotopic (exact) mass is 260 g/mol. The van der Waals surface area contributed by atoms with E-state index in [1.165, 1.54) is 5.56 Å². The molecule has 1 aromatic carbocycles. The number of carbonyl (C=O) groups is 1. The van der Waals surface area contributed by atoms with Crippen LogP contribution in [0.1, 0.15) is 34.9 Å². The van der Waals surface area contributed by atoms with Crippen molar-refractivity contribution in [2.24, 2.45) is 0 Å². The van der Waals surface area contributed by atoms with Crippen molar-refractivity contribution in [1.29, 1.82) is 0 Å². The Morgan fingerprint density at radius 1 is 1.33 bits per heavy atom. The third kappa shape index (κ3) is 1.21. The maximum absolute atomic E-state index is 12.2. The van der Waals surface area contributed by atoms with Gasteiger partial charge in [0.25, 0.3) is 0 Å². The number of aromatic nitrogens is 1. The Morgan fingerprint density at radius 2 is 2.22 bits per heavy atom. The highest BCUT2D eigenvalue weighted by molar-refractivity contribution is 6.36. The molecule has 2 aliphatic heterocycles. The van der Waals surface area contributed by atoms with Gasteiger partial charge in [0.1, 0.15) is 0 Å². The van der Waals surface area contributed by atoms with E-state index in [0.29, 0.717) is 12.5 Å². The minimum atomic E-state index is 0.198. The van der Waals surface area contributed by atoms with E-state index in [1.54, 1.807) is 0 Å². The van der Waals surface area contributed by atoms with Crippen LogP contribution in [0.5, 0.6) is 0 Å². The van der Waals surface area contributed by atoms with Crippen LogP contribution in [0.4, 0.5) is 0 Å². The molecule has 4 heteroatoms. The summed E-state index contributed by atoms with van der Waals surface area (Å²) in [5, 5.41) is 5.34. The van der Waals surface area contributed by atoms with Gasteiger partial charge in [-0.25, -0.2) is 0 Å². The number of rotatable bonds is 0. The van der Waals surface area contributed by atoms with Gasteiger partial charge in [0, 0.05) is 23.5 Å². The zero-order valence-electron chi connectivity index (χ0n) is 9.87. The van der Waals surface area contributed by atoms with Gasteiger partial charge in [0.15, 0.2) is 0 Å². The Morgan fingerprint density at radius 3 is 3.11 bits per heavy atom. The minimum Gasteiger partial charge on any atom is -0.308 e. The quantitative estimate of drug-likeness (QED) is 0.790. The van der Waals surface area contributed by atoms with Crippen LogP contribution in [0, 0.1) is 0 Å². The fourth-order valence-corrected chi connectivity index (χ4v) is 3.65. The molecule has 0 fully saturated rings. The van der Waals surface area contributed by atoms with E-state index in [2.05, 4.69) is 5.32 Å². The number of nitrogens with one attached hydrogen (secondary N) is 1. The molecule has 1 atom stereocenters. The Balaban J connectivity index is 2.19. The summed E-state index contributed by atoms with van der Waals surface area (Å²) in [5.74, 6) is 0.198. The maximum atomic E-state index is 12.2. The van der Waals surface area contributed by atoms with E-state index < -0.39 is 0 Å². The fraction of sp³-hybridized carbons (Fsp3) is 0.357. The highest BCUT2D eigenvalue weighted by Crippen LogP contribution is 2.40. The van der Waals surface area contributed by atoms with Gasteiger partial charge in [-0.05, 0) is 37.1 Å². The van der Waals surface area contributed by atoms with Gasteiger partial charge in [-0.3, -0.25) is 9.36 Å². The zero-order chi connectivity index (χ0) is 12.3. The zero-order valence-corrected chi connectivity index (χ0v) is 10.6. The number of hydrogen-bond acceptors (Lipinski definition) is 2. The number of halogens is 1. The molecule has 4 rings (SSSR count). The van der Waals surface area contributed by atoms with Crippen LogP contribution in [0.25, 0.3) is 10.9 Å². The molecule has 92 valence electrons. The van der Waals surface area contributed by atoms with Crippen LogP contribution < -0.4 is 5.32 Å². The van der Waals surface area contributed by atoms with Crippen LogP contribution in [-0.2, 0) is 6.42 Å². The summed E-state index contributed by atoms with van der Waals surface area (Å²) in [6.07, 6.45) is 2.46. The van der Waals surface area contributed by atoms with Gasteiger partial charge >= 0.3 is 0 Å². The molecule has 0 saturated carbocycles. The Hall–Kier alpha value is -1.32. The lowest BCUT2D eigenvalue weighted by Gasteiger charge is -2.29. The molecule has 18 heavy (non-hydrogen) atoms. The van der Waals surface area contributed by atoms with Gasteiger partial charge in [-0.15, -0.1) is 0 Å². The smallest absolute Gasteiger partial charge is 0.231 e. The minimum absolute atomic E-state index is 0.198. The highest BCUT2D eigenvalue weighted by atomic mass is 35.5. The lowest BCUT2D eigenvalue weighted by atomic mass is 9.94. The molecule has 1 unspecified atom stereocenters.